The highest BCUT2D eigenvalue weighted by molar-refractivity contribution is 6.30. The molecule has 1 aromatic rings. The minimum absolute atomic E-state index is 0.0617. The van der Waals surface area contributed by atoms with Crippen molar-refractivity contribution in [2.75, 3.05) is 27.3 Å². The smallest absolute Gasteiger partial charge is 0.0661 e. The summed E-state index contributed by atoms with van der Waals surface area (Å²) in [5, 5.41) is 0.771. The van der Waals surface area contributed by atoms with Crippen molar-refractivity contribution < 1.29 is 4.74 Å². The first-order chi connectivity index (χ1) is 9.55. The fourth-order valence-corrected chi connectivity index (χ4v) is 3.22. The van der Waals surface area contributed by atoms with Gasteiger partial charge in [0.15, 0.2) is 0 Å². The molecule has 3 nitrogen and oxygen atoms in total. The van der Waals surface area contributed by atoms with Gasteiger partial charge in [0, 0.05) is 24.7 Å². The van der Waals surface area contributed by atoms with Gasteiger partial charge in [-0.1, -0.05) is 23.7 Å². The first-order valence-electron chi connectivity index (χ1n) is 7.22. The molecule has 20 heavy (non-hydrogen) atoms. The van der Waals surface area contributed by atoms with Gasteiger partial charge in [-0.2, -0.15) is 0 Å². The van der Waals surface area contributed by atoms with Gasteiger partial charge in [0.2, 0.25) is 0 Å². The summed E-state index contributed by atoms with van der Waals surface area (Å²) in [5.74, 6) is 0.646. The summed E-state index contributed by atoms with van der Waals surface area (Å²) >= 11 is 5.97. The lowest BCUT2D eigenvalue weighted by Crippen LogP contribution is -2.57. The molecule has 112 valence electrons. The fourth-order valence-electron chi connectivity index (χ4n) is 3.10. The second kappa shape index (κ2) is 6.44. The molecule has 0 saturated heterocycles. The molecule has 2 rings (SSSR count). The van der Waals surface area contributed by atoms with Crippen LogP contribution >= 0.6 is 11.6 Å². The van der Waals surface area contributed by atoms with Crippen molar-refractivity contribution in [3.63, 3.8) is 0 Å². The Bertz CT molecular complexity index is 433. The van der Waals surface area contributed by atoms with Crippen LogP contribution in [0.15, 0.2) is 24.3 Å². The quantitative estimate of drug-likeness (QED) is 0.840. The molecule has 0 amide bonds. The Morgan fingerprint density at radius 2 is 2.00 bits per heavy atom. The maximum atomic E-state index is 6.13. The highest BCUT2D eigenvalue weighted by Gasteiger charge is 2.48. The molecule has 1 aliphatic carbocycles. The van der Waals surface area contributed by atoms with Gasteiger partial charge < -0.3 is 10.5 Å². The van der Waals surface area contributed by atoms with Crippen LogP contribution in [0.1, 0.15) is 31.4 Å². The fraction of sp³-hybridized carbons (Fsp3) is 0.625. The largest absolute Gasteiger partial charge is 0.383 e. The number of hydrogen-bond donors (Lipinski definition) is 1. The number of methoxy groups -OCH3 is 1. The molecule has 0 heterocycles. The second-order valence-electron chi connectivity index (χ2n) is 5.85. The third-order valence-corrected chi connectivity index (χ3v) is 4.97. The minimum Gasteiger partial charge on any atom is -0.383 e. The van der Waals surface area contributed by atoms with E-state index in [2.05, 4.69) is 31.0 Å². The molecule has 1 aliphatic rings. The van der Waals surface area contributed by atoms with Crippen LogP contribution in [0.4, 0.5) is 0 Å². The van der Waals surface area contributed by atoms with Crippen molar-refractivity contribution in [1.29, 1.82) is 0 Å². The van der Waals surface area contributed by atoms with Crippen LogP contribution in [-0.2, 0) is 4.74 Å². The van der Waals surface area contributed by atoms with Crippen LogP contribution in [0, 0.1) is 5.92 Å². The molecule has 1 fully saturated rings. The van der Waals surface area contributed by atoms with E-state index in [-0.39, 0.29) is 11.6 Å². The van der Waals surface area contributed by atoms with Gasteiger partial charge >= 0.3 is 0 Å². The first-order valence-corrected chi connectivity index (χ1v) is 7.60. The third kappa shape index (κ3) is 3.01. The van der Waals surface area contributed by atoms with Crippen LogP contribution in [-0.4, -0.2) is 37.7 Å². The molecule has 2 atom stereocenters. The molecule has 2 N–H and O–H groups in total. The lowest BCUT2D eigenvalue weighted by Gasteiger charge is -2.44. The molecular weight excluding hydrogens is 272 g/mol. The zero-order valence-electron chi connectivity index (χ0n) is 12.6. The summed E-state index contributed by atoms with van der Waals surface area (Å²) in [5.41, 5.74) is 7.33. The lowest BCUT2D eigenvalue weighted by molar-refractivity contribution is -0.00630. The van der Waals surface area contributed by atoms with Gasteiger partial charge in [-0.3, -0.25) is 4.90 Å². The minimum atomic E-state index is -0.0617. The molecule has 0 bridgehead atoms. The van der Waals surface area contributed by atoms with Gasteiger partial charge in [0.25, 0.3) is 0 Å². The number of halogens is 1. The van der Waals surface area contributed by atoms with Crippen LogP contribution in [0.5, 0.6) is 0 Å². The monoisotopic (exact) mass is 296 g/mol. The normalized spacial score (nSPS) is 19.9. The van der Waals surface area contributed by atoms with E-state index in [9.17, 15) is 0 Å². The number of likely N-dealkylation sites (N-methyl/N-ethyl adjacent to an activating group) is 1. The van der Waals surface area contributed by atoms with E-state index in [1.54, 1.807) is 7.11 Å². The number of nitrogens with two attached hydrogens (primary N) is 1. The van der Waals surface area contributed by atoms with Crippen molar-refractivity contribution in [2.24, 2.45) is 11.7 Å². The van der Waals surface area contributed by atoms with Gasteiger partial charge in [-0.25, -0.2) is 0 Å². The highest BCUT2D eigenvalue weighted by atomic mass is 35.5. The zero-order valence-corrected chi connectivity index (χ0v) is 13.4. The third-order valence-electron chi connectivity index (χ3n) is 4.72. The Balaban J connectivity index is 2.22. The molecule has 0 aliphatic heterocycles. The summed E-state index contributed by atoms with van der Waals surface area (Å²) in [6, 6.07) is 8.35. The highest BCUT2D eigenvalue weighted by Crippen LogP contribution is 2.45. The molecule has 1 saturated carbocycles. The number of hydrogen-bond acceptors (Lipinski definition) is 3. The molecule has 4 heteroatoms. The van der Waals surface area contributed by atoms with Gasteiger partial charge in [0.05, 0.1) is 12.1 Å². The van der Waals surface area contributed by atoms with E-state index < -0.39 is 0 Å². The Hall–Kier alpha value is -0.610. The Morgan fingerprint density at radius 3 is 2.45 bits per heavy atom. The molecule has 1 aromatic carbocycles. The van der Waals surface area contributed by atoms with E-state index in [4.69, 9.17) is 22.1 Å². The molecule has 0 aromatic heterocycles. The summed E-state index contributed by atoms with van der Waals surface area (Å²) in [7, 11) is 3.91. The average Bonchev–Trinajstić information content (AvgIpc) is 3.29. The van der Waals surface area contributed by atoms with Crippen molar-refractivity contribution in [3.05, 3.63) is 34.9 Å². The predicted octanol–water partition coefficient (Wildman–Crippen LogP) is 3.09. The summed E-state index contributed by atoms with van der Waals surface area (Å²) in [6.07, 6.45) is 2.50. The number of rotatable bonds is 7. The van der Waals surface area contributed by atoms with Gasteiger partial charge in [0.1, 0.15) is 0 Å². The molecule has 2 unspecified atom stereocenters. The van der Waals surface area contributed by atoms with Crippen LogP contribution in [0.25, 0.3) is 0 Å². The Labute approximate surface area is 127 Å². The second-order valence-corrected chi connectivity index (χ2v) is 6.29. The molecule has 0 spiro atoms. The van der Waals surface area contributed by atoms with Crippen molar-refractivity contribution in [3.8, 4) is 0 Å². The van der Waals surface area contributed by atoms with Crippen molar-refractivity contribution in [2.45, 2.75) is 31.3 Å². The van der Waals surface area contributed by atoms with E-state index in [0.717, 1.165) is 5.02 Å². The maximum Gasteiger partial charge on any atom is 0.0661 e. The van der Waals surface area contributed by atoms with Gasteiger partial charge in [-0.15, -0.1) is 0 Å². The molecule has 0 radical (unpaired) electrons. The summed E-state index contributed by atoms with van der Waals surface area (Å²) in [6.45, 7) is 3.52. The number of nitrogens with zero attached hydrogens (tertiary/aromatic N) is 1. The van der Waals surface area contributed by atoms with E-state index in [0.29, 0.717) is 19.1 Å². The van der Waals surface area contributed by atoms with E-state index in [1.807, 2.05) is 12.1 Å². The average molecular weight is 297 g/mol. The maximum absolute atomic E-state index is 6.13. The topological polar surface area (TPSA) is 38.5 Å². The van der Waals surface area contributed by atoms with Crippen molar-refractivity contribution >= 4 is 11.6 Å². The zero-order chi connectivity index (χ0) is 14.8. The van der Waals surface area contributed by atoms with Gasteiger partial charge in [-0.05, 0) is 50.4 Å². The van der Waals surface area contributed by atoms with Crippen molar-refractivity contribution in [1.82, 2.24) is 4.90 Å². The van der Waals surface area contributed by atoms with E-state index in [1.165, 1.54) is 18.4 Å². The Kier molecular flexibility index (Phi) is 5.08. The van der Waals surface area contributed by atoms with Crippen LogP contribution < -0.4 is 5.73 Å². The summed E-state index contributed by atoms with van der Waals surface area (Å²) < 4.78 is 5.48. The number of benzene rings is 1. The van der Waals surface area contributed by atoms with Crippen LogP contribution in [0.2, 0.25) is 5.02 Å². The van der Waals surface area contributed by atoms with E-state index >= 15 is 0 Å². The Morgan fingerprint density at radius 1 is 1.40 bits per heavy atom. The summed E-state index contributed by atoms with van der Waals surface area (Å²) in [4.78, 5) is 2.39. The predicted molar refractivity (Wildman–Crippen MR) is 84.0 cm³/mol. The SMILES string of the molecule is COCC(CN)(C1CC1)N(C)C(C)c1ccc(Cl)cc1. The standard InChI is InChI=1S/C16H25ClN2O/c1-12(13-4-8-15(17)9-5-13)19(2)16(10-18,11-20-3)14-6-7-14/h4-5,8-9,12,14H,6-7,10-11,18H2,1-3H3. The number of ether oxygens (including phenoxy) is 1. The van der Waals surface area contributed by atoms with Crippen LogP contribution in [0.3, 0.4) is 0 Å². The first kappa shape index (κ1) is 15.8. The lowest BCUT2D eigenvalue weighted by atomic mass is 9.89. The molecular formula is C16H25ClN2O.